The van der Waals surface area contributed by atoms with E-state index >= 15 is 0 Å². The summed E-state index contributed by atoms with van der Waals surface area (Å²) in [5.41, 5.74) is 1.17. The zero-order chi connectivity index (χ0) is 14.5. The molecule has 1 aromatic rings. The molecule has 1 aliphatic rings. The molecule has 0 radical (unpaired) electrons. The zero-order valence-electron chi connectivity index (χ0n) is 11.9. The minimum absolute atomic E-state index is 0.165. The Morgan fingerprint density at radius 1 is 1.25 bits per heavy atom. The number of phenolic OH excluding ortho intramolecular Hbond substituents is 1. The summed E-state index contributed by atoms with van der Waals surface area (Å²) in [6.45, 7) is 2.13. The molecule has 110 valence electrons. The molecule has 0 aromatic heterocycles. The van der Waals surface area contributed by atoms with E-state index in [4.69, 9.17) is 5.11 Å². The number of hydrogen-bond donors (Lipinski definition) is 3. The van der Waals surface area contributed by atoms with E-state index in [1.54, 1.807) is 12.1 Å². The smallest absolute Gasteiger partial charge is 0.306 e. The van der Waals surface area contributed by atoms with E-state index in [9.17, 15) is 9.90 Å². The molecule has 1 unspecified atom stereocenters. The third-order valence-corrected chi connectivity index (χ3v) is 4.22. The maximum atomic E-state index is 10.9. The average molecular weight is 277 g/mol. The van der Waals surface area contributed by atoms with Gasteiger partial charge >= 0.3 is 5.97 Å². The number of aliphatic carboxylic acids is 1. The highest BCUT2D eigenvalue weighted by molar-refractivity contribution is 5.70. The van der Waals surface area contributed by atoms with Crippen LogP contribution in [0.5, 0.6) is 5.75 Å². The van der Waals surface area contributed by atoms with E-state index in [1.165, 1.54) is 5.56 Å². The first kappa shape index (κ1) is 14.9. The van der Waals surface area contributed by atoms with Gasteiger partial charge in [-0.05, 0) is 49.8 Å². The Morgan fingerprint density at radius 2 is 1.85 bits per heavy atom. The summed E-state index contributed by atoms with van der Waals surface area (Å²) in [4.78, 5) is 10.9. The molecule has 1 atom stereocenters. The molecule has 1 fully saturated rings. The monoisotopic (exact) mass is 277 g/mol. The van der Waals surface area contributed by atoms with Crippen LogP contribution in [-0.2, 0) is 4.79 Å². The van der Waals surface area contributed by atoms with Crippen LogP contribution in [0.4, 0.5) is 0 Å². The second-order valence-electron chi connectivity index (χ2n) is 5.61. The van der Waals surface area contributed by atoms with Crippen LogP contribution in [-0.4, -0.2) is 22.2 Å². The molecule has 1 aliphatic carbocycles. The van der Waals surface area contributed by atoms with Gasteiger partial charge < -0.3 is 15.5 Å². The Hall–Kier alpha value is -1.55. The Kier molecular flexibility index (Phi) is 5.01. The Morgan fingerprint density at radius 3 is 2.35 bits per heavy atom. The maximum absolute atomic E-state index is 10.9. The molecule has 4 nitrogen and oxygen atoms in total. The first-order valence-corrected chi connectivity index (χ1v) is 7.38. The summed E-state index contributed by atoms with van der Waals surface area (Å²) in [5, 5.41) is 22.0. The topological polar surface area (TPSA) is 69.6 Å². The van der Waals surface area contributed by atoms with Gasteiger partial charge in [0, 0.05) is 12.1 Å². The summed E-state index contributed by atoms with van der Waals surface area (Å²) in [5.74, 6) is -0.540. The largest absolute Gasteiger partial charge is 0.508 e. The van der Waals surface area contributed by atoms with Gasteiger partial charge in [-0.2, -0.15) is 0 Å². The molecular formula is C16H23NO3. The first-order chi connectivity index (χ1) is 9.60. The van der Waals surface area contributed by atoms with Crippen molar-refractivity contribution in [2.75, 3.05) is 0 Å². The van der Waals surface area contributed by atoms with E-state index in [0.29, 0.717) is 6.04 Å². The predicted molar refractivity (Wildman–Crippen MR) is 77.7 cm³/mol. The van der Waals surface area contributed by atoms with Crippen LogP contribution in [0.25, 0.3) is 0 Å². The fourth-order valence-corrected chi connectivity index (χ4v) is 2.95. The second-order valence-corrected chi connectivity index (χ2v) is 5.61. The van der Waals surface area contributed by atoms with Crippen LogP contribution < -0.4 is 5.32 Å². The molecule has 0 amide bonds. The molecule has 0 spiro atoms. The van der Waals surface area contributed by atoms with Crippen LogP contribution >= 0.6 is 0 Å². The summed E-state index contributed by atoms with van der Waals surface area (Å²) >= 11 is 0. The van der Waals surface area contributed by atoms with E-state index in [0.717, 1.165) is 32.1 Å². The predicted octanol–water partition coefficient (Wildman–Crippen LogP) is 3.08. The minimum Gasteiger partial charge on any atom is -0.508 e. The van der Waals surface area contributed by atoms with Crippen molar-refractivity contribution in [1.29, 1.82) is 0 Å². The lowest BCUT2D eigenvalue weighted by atomic mass is 9.85. The zero-order valence-corrected chi connectivity index (χ0v) is 11.9. The SMILES string of the molecule is CCC(NC1CCC(C(=O)O)CC1)c1ccc(O)cc1. The maximum Gasteiger partial charge on any atom is 0.306 e. The van der Waals surface area contributed by atoms with Crippen molar-refractivity contribution in [3.63, 3.8) is 0 Å². The van der Waals surface area contributed by atoms with Crippen LogP contribution in [0.1, 0.15) is 50.6 Å². The average Bonchev–Trinajstić information content (AvgIpc) is 2.46. The lowest BCUT2D eigenvalue weighted by Gasteiger charge is -2.30. The number of aromatic hydroxyl groups is 1. The van der Waals surface area contributed by atoms with Crippen molar-refractivity contribution in [3.05, 3.63) is 29.8 Å². The molecule has 0 bridgehead atoms. The van der Waals surface area contributed by atoms with Gasteiger partial charge in [0.25, 0.3) is 0 Å². The van der Waals surface area contributed by atoms with Crippen molar-refractivity contribution in [2.24, 2.45) is 5.92 Å². The van der Waals surface area contributed by atoms with Gasteiger partial charge in [0.2, 0.25) is 0 Å². The van der Waals surface area contributed by atoms with Crippen molar-refractivity contribution >= 4 is 5.97 Å². The molecule has 0 heterocycles. The standard InChI is InChI=1S/C16H23NO3/c1-2-15(11-5-9-14(18)10-6-11)17-13-7-3-12(4-8-13)16(19)20/h5-6,9-10,12-13,15,17-18H,2-4,7-8H2,1H3,(H,19,20). The molecule has 0 aliphatic heterocycles. The molecule has 0 saturated heterocycles. The lowest BCUT2D eigenvalue weighted by molar-refractivity contribution is -0.142. The van der Waals surface area contributed by atoms with E-state index < -0.39 is 5.97 Å². The van der Waals surface area contributed by atoms with Gasteiger partial charge in [0.1, 0.15) is 5.75 Å². The van der Waals surface area contributed by atoms with E-state index in [1.807, 2.05) is 12.1 Å². The highest BCUT2D eigenvalue weighted by atomic mass is 16.4. The van der Waals surface area contributed by atoms with Gasteiger partial charge in [-0.25, -0.2) is 0 Å². The summed E-state index contributed by atoms with van der Waals surface area (Å²) in [6.07, 6.45) is 4.35. The van der Waals surface area contributed by atoms with Crippen molar-refractivity contribution in [1.82, 2.24) is 5.32 Å². The highest BCUT2D eigenvalue weighted by Gasteiger charge is 2.27. The number of carboxylic acids is 1. The van der Waals surface area contributed by atoms with Gasteiger partial charge in [0.05, 0.1) is 5.92 Å². The number of carboxylic acid groups (broad SMARTS) is 1. The third kappa shape index (κ3) is 3.73. The van der Waals surface area contributed by atoms with Crippen LogP contribution in [0.3, 0.4) is 0 Å². The van der Waals surface area contributed by atoms with E-state index in [-0.39, 0.29) is 17.7 Å². The van der Waals surface area contributed by atoms with Crippen molar-refractivity contribution < 1.29 is 15.0 Å². The summed E-state index contributed by atoms with van der Waals surface area (Å²) in [6, 6.07) is 7.96. The van der Waals surface area contributed by atoms with Gasteiger partial charge in [-0.1, -0.05) is 19.1 Å². The number of hydrogen-bond acceptors (Lipinski definition) is 3. The minimum atomic E-state index is -0.658. The highest BCUT2D eigenvalue weighted by Crippen LogP contribution is 2.27. The molecule has 2 rings (SSSR count). The van der Waals surface area contributed by atoms with Gasteiger partial charge in [-0.15, -0.1) is 0 Å². The van der Waals surface area contributed by atoms with Crippen LogP contribution in [0.15, 0.2) is 24.3 Å². The molecule has 3 N–H and O–H groups in total. The number of nitrogens with one attached hydrogen (secondary N) is 1. The number of phenols is 1. The van der Waals surface area contributed by atoms with Gasteiger partial charge in [0.15, 0.2) is 0 Å². The normalized spacial score (nSPS) is 24.2. The van der Waals surface area contributed by atoms with E-state index in [2.05, 4.69) is 12.2 Å². The number of benzene rings is 1. The van der Waals surface area contributed by atoms with Crippen LogP contribution in [0.2, 0.25) is 0 Å². The summed E-state index contributed by atoms with van der Waals surface area (Å²) in [7, 11) is 0. The molecule has 20 heavy (non-hydrogen) atoms. The number of carbonyl (C=O) groups is 1. The van der Waals surface area contributed by atoms with Crippen molar-refractivity contribution in [2.45, 2.75) is 51.1 Å². The summed E-state index contributed by atoms with van der Waals surface area (Å²) < 4.78 is 0. The molecule has 1 aromatic carbocycles. The Bertz CT molecular complexity index is 436. The van der Waals surface area contributed by atoms with Crippen molar-refractivity contribution in [3.8, 4) is 5.75 Å². The third-order valence-electron chi connectivity index (χ3n) is 4.22. The second kappa shape index (κ2) is 6.75. The lowest BCUT2D eigenvalue weighted by Crippen LogP contribution is -2.37. The fraction of sp³-hybridized carbons (Fsp3) is 0.562. The quantitative estimate of drug-likeness (QED) is 0.773. The van der Waals surface area contributed by atoms with Crippen LogP contribution in [0, 0.1) is 5.92 Å². The number of rotatable bonds is 5. The van der Waals surface area contributed by atoms with Gasteiger partial charge in [-0.3, -0.25) is 4.79 Å². The molecule has 1 saturated carbocycles. The fourth-order valence-electron chi connectivity index (χ4n) is 2.95. The Labute approximate surface area is 119 Å². The first-order valence-electron chi connectivity index (χ1n) is 7.38. The molecular weight excluding hydrogens is 254 g/mol. The molecule has 4 heteroatoms. The Balaban J connectivity index is 1.91.